The van der Waals surface area contributed by atoms with Crippen molar-refractivity contribution >= 4 is 21.4 Å². The maximum atomic E-state index is 11.5. The molecule has 0 aliphatic carbocycles. The van der Waals surface area contributed by atoms with Gasteiger partial charge in [0.15, 0.2) is 0 Å². The maximum absolute atomic E-state index is 11.5. The molecule has 1 rings (SSSR count). The number of carbonyl (C=O) groups is 1. The molecule has 0 bridgehead atoms. The van der Waals surface area contributed by atoms with E-state index in [0.29, 0.717) is 5.69 Å². The van der Waals surface area contributed by atoms with Gasteiger partial charge in [-0.25, -0.2) is 8.42 Å². The predicted octanol–water partition coefficient (Wildman–Crippen LogP) is -0.0279. The van der Waals surface area contributed by atoms with Crippen molar-refractivity contribution < 1.29 is 13.2 Å². The summed E-state index contributed by atoms with van der Waals surface area (Å²) in [5.74, 6) is -0.255. The molecule has 1 aromatic carbocycles. The normalized spacial score (nSPS) is 11.1. The smallest absolute Gasteiger partial charge is 0.224 e. The Morgan fingerprint density at radius 3 is 2.71 bits per heavy atom. The Balaban J connectivity index is 2.40. The molecule has 6 heteroatoms. The molecule has 0 fully saturated rings. The van der Waals surface area contributed by atoms with Crippen LogP contribution in [-0.2, 0) is 21.1 Å². The molecular weight excluding hydrogens is 240 g/mol. The fourth-order valence-corrected chi connectivity index (χ4v) is 1.80. The Hall–Kier alpha value is -1.56. The van der Waals surface area contributed by atoms with Crippen LogP contribution >= 0.6 is 0 Å². The molecular formula is C11H16N2O3S. The lowest BCUT2D eigenvalue weighted by Gasteiger charge is -2.05. The third kappa shape index (κ3) is 5.91. The van der Waals surface area contributed by atoms with Crippen molar-refractivity contribution in [3.8, 4) is 0 Å². The topological polar surface area (TPSA) is 89.3 Å². The van der Waals surface area contributed by atoms with E-state index in [1.165, 1.54) is 0 Å². The third-order valence-electron chi connectivity index (χ3n) is 2.11. The number of nitrogens with one attached hydrogen (secondary N) is 1. The van der Waals surface area contributed by atoms with E-state index in [2.05, 4.69) is 5.32 Å². The number of nitrogen functional groups attached to an aromatic ring is 1. The zero-order valence-corrected chi connectivity index (χ0v) is 10.5. The highest BCUT2D eigenvalue weighted by Gasteiger charge is 2.06. The molecule has 17 heavy (non-hydrogen) atoms. The van der Waals surface area contributed by atoms with Crippen LogP contribution < -0.4 is 11.1 Å². The van der Waals surface area contributed by atoms with E-state index in [0.717, 1.165) is 11.8 Å². The van der Waals surface area contributed by atoms with Gasteiger partial charge in [-0.3, -0.25) is 4.79 Å². The lowest BCUT2D eigenvalue weighted by atomic mass is 10.1. The number of amides is 1. The Bertz CT molecular complexity index is 497. The second kappa shape index (κ2) is 5.67. The van der Waals surface area contributed by atoms with Crippen LogP contribution in [0.25, 0.3) is 0 Å². The number of rotatable bonds is 5. The second-order valence-electron chi connectivity index (χ2n) is 3.90. The summed E-state index contributed by atoms with van der Waals surface area (Å²) in [6.45, 7) is 0.139. The molecule has 0 heterocycles. The average molecular weight is 256 g/mol. The minimum Gasteiger partial charge on any atom is -0.399 e. The van der Waals surface area contributed by atoms with Gasteiger partial charge in [0.2, 0.25) is 5.91 Å². The molecule has 0 radical (unpaired) electrons. The molecule has 0 aliphatic heterocycles. The van der Waals surface area contributed by atoms with Gasteiger partial charge < -0.3 is 11.1 Å². The van der Waals surface area contributed by atoms with Gasteiger partial charge >= 0.3 is 0 Å². The van der Waals surface area contributed by atoms with Gasteiger partial charge in [-0.15, -0.1) is 0 Å². The summed E-state index contributed by atoms with van der Waals surface area (Å²) in [5, 5.41) is 2.55. The Kier molecular flexibility index (Phi) is 4.51. The quantitative estimate of drug-likeness (QED) is 0.724. The molecule has 0 saturated carbocycles. The summed E-state index contributed by atoms with van der Waals surface area (Å²) in [7, 11) is -3.03. The number of carbonyl (C=O) groups excluding carboxylic acids is 1. The van der Waals surface area contributed by atoms with E-state index in [4.69, 9.17) is 5.73 Å². The molecule has 0 saturated heterocycles. The minimum absolute atomic E-state index is 0.0460. The molecule has 0 aliphatic rings. The molecule has 0 atom stereocenters. The number of hydrogen-bond donors (Lipinski definition) is 2. The van der Waals surface area contributed by atoms with Gasteiger partial charge in [-0.1, -0.05) is 12.1 Å². The van der Waals surface area contributed by atoms with Crippen molar-refractivity contribution in [1.29, 1.82) is 0 Å². The number of hydrogen-bond acceptors (Lipinski definition) is 4. The van der Waals surface area contributed by atoms with Gasteiger partial charge in [0, 0.05) is 18.5 Å². The molecule has 94 valence electrons. The fourth-order valence-electron chi connectivity index (χ4n) is 1.33. The Morgan fingerprint density at radius 1 is 1.41 bits per heavy atom. The lowest BCUT2D eigenvalue weighted by Crippen LogP contribution is -2.30. The SMILES string of the molecule is CS(=O)(=O)CCNC(=O)Cc1cccc(N)c1. The van der Waals surface area contributed by atoms with E-state index < -0.39 is 9.84 Å². The van der Waals surface area contributed by atoms with E-state index in [-0.39, 0.29) is 24.6 Å². The van der Waals surface area contributed by atoms with Crippen LogP contribution in [0.15, 0.2) is 24.3 Å². The maximum Gasteiger partial charge on any atom is 0.224 e. The minimum atomic E-state index is -3.03. The highest BCUT2D eigenvalue weighted by Crippen LogP contribution is 2.06. The zero-order valence-electron chi connectivity index (χ0n) is 9.64. The number of anilines is 1. The van der Waals surface area contributed by atoms with Crippen LogP contribution in [0.3, 0.4) is 0 Å². The first-order chi connectivity index (χ1) is 7.87. The van der Waals surface area contributed by atoms with Gasteiger partial charge in [0.05, 0.1) is 12.2 Å². The highest BCUT2D eigenvalue weighted by molar-refractivity contribution is 7.90. The Labute approximate surface area is 101 Å². The summed E-state index contributed by atoms with van der Waals surface area (Å²) in [6, 6.07) is 7.03. The largest absolute Gasteiger partial charge is 0.399 e. The van der Waals surface area contributed by atoms with Crippen molar-refractivity contribution in [2.24, 2.45) is 0 Å². The van der Waals surface area contributed by atoms with Crippen LogP contribution in [-0.4, -0.2) is 32.9 Å². The van der Waals surface area contributed by atoms with Gasteiger partial charge in [0.1, 0.15) is 9.84 Å². The Morgan fingerprint density at radius 2 is 2.12 bits per heavy atom. The summed E-state index contributed by atoms with van der Waals surface area (Å²) < 4.78 is 21.7. The van der Waals surface area contributed by atoms with Gasteiger partial charge in [-0.2, -0.15) is 0 Å². The summed E-state index contributed by atoms with van der Waals surface area (Å²) in [4.78, 5) is 11.5. The van der Waals surface area contributed by atoms with E-state index in [1.54, 1.807) is 24.3 Å². The highest BCUT2D eigenvalue weighted by atomic mass is 32.2. The first kappa shape index (κ1) is 13.5. The summed E-state index contributed by atoms with van der Waals surface area (Å²) in [5.41, 5.74) is 6.99. The fraction of sp³-hybridized carbons (Fsp3) is 0.364. The molecule has 0 spiro atoms. The van der Waals surface area contributed by atoms with Crippen LogP contribution in [0, 0.1) is 0 Å². The first-order valence-electron chi connectivity index (χ1n) is 5.16. The molecule has 1 amide bonds. The zero-order chi connectivity index (χ0) is 12.9. The van der Waals surface area contributed by atoms with Crippen LogP contribution in [0.4, 0.5) is 5.69 Å². The number of benzene rings is 1. The summed E-state index contributed by atoms with van der Waals surface area (Å²) in [6.07, 6.45) is 1.34. The molecule has 3 N–H and O–H groups in total. The molecule has 0 aromatic heterocycles. The van der Waals surface area contributed by atoms with Gasteiger partial charge in [-0.05, 0) is 17.7 Å². The molecule has 0 unspecified atom stereocenters. The first-order valence-corrected chi connectivity index (χ1v) is 7.22. The molecule has 1 aromatic rings. The second-order valence-corrected chi connectivity index (χ2v) is 6.16. The lowest BCUT2D eigenvalue weighted by molar-refractivity contribution is -0.120. The number of nitrogens with two attached hydrogens (primary N) is 1. The monoisotopic (exact) mass is 256 g/mol. The van der Waals surface area contributed by atoms with Crippen molar-refractivity contribution in [1.82, 2.24) is 5.32 Å². The van der Waals surface area contributed by atoms with E-state index >= 15 is 0 Å². The average Bonchev–Trinajstić information content (AvgIpc) is 2.15. The van der Waals surface area contributed by atoms with Crippen LogP contribution in [0.5, 0.6) is 0 Å². The van der Waals surface area contributed by atoms with E-state index in [9.17, 15) is 13.2 Å². The molecule has 5 nitrogen and oxygen atoms in total. The van der Waals surface area contributed by atoms with Gasteiger partial charge in [0.25, 0.3) is 0 Å². The summed E-state index contributed by atoms with van der Waals surface area (Å²) >= 11 is 0. The number of sulfone groups is 1. The van der Waals surface area contributed by atoms with Crippen LogP contribution in [0.1, 0.15) is 5.56 Å². The van der Waals surface area contributed by atoms with E-state index in [1.807, 2.05) is 0 Å². The van der Waals surface area contributed by atoms with Crippen molar-refractivity contribution in [3.05, 3.63) is 29.8 Å². The van der Waals surface area contributed by atoms with Crippen molar-refractivity contribution in [2.75, 3.05) is 24.3 Å². The third-order valence-corrected chi connectivity index (χ3v) is 3.06. The predicted molar refractivity (Wildman–Crippen MR) is 67.3 cm³/mol. The van der Waals surface area contributed by atoms with Crippen molar-refractivity contribution in [2.45, 2.75) is 6.42 Å². The standard InChI is InChI=1S/C11H16N2O3S/c1-17(15,16)6-5-13-11(14)8-9-3-2-4-10(12)7-9/h2-4,7H,5-6,8,12H2,1H3,(H,13,14). The van der Waals surface area contributed by atoms with Crippen LogP contribution in [0.2, 0.25) is 0 Å². The van der Waals surface area contributed by atoms with Crippen molar-refractivity contribution in [3.63, 3.8) is 0 Å².